The van der Waals surface area contributed by atoms with Crippen LogP contribution in [-0.2, 0) is 6.42 Å². The van der Waals surface area contributed by atoms with Gasteiger partial charge < -0.3 is 0 Å². The molecule has 2 aromatic carbocycles. The van der Waals surface area contributed by atoms with Crippen molar-refractivity contribution in [2.24, 2.45) is 0 Å². The van der Waals surface area contributed by atoms with Gasteiger partial charge in [0.15, 0.2) is 0 Å². The summed E-state index contributed by atoms with van der Waals surface area (Å²) in [6.07, 6.45) is 0.938. The Balaban J connectivity index is 2.03. The SMILES string of the molecule is SC(Cc1ccccc1)C(S)c1ccccc1. The summed E-state index contributed by atoms with van der Waals surface area (Å²) in [7, 11) is 0. The molecule has 0 amide bonds. The highest BCUT2D eigenvalue weighted by atomic mass is 32.1. The average molecular weight is 260 g/mol. The van der Waals surface area contributed by atoms with Gasteiger partial charge in [0.2, 0.25) is 0 Å². The molecular weight excluding hydrogens is 244 g/mol. The number of rotatable bonds is 4. The van der Waals surface area contributed by atoms with E-state index in [0.717, 1.165) is 6.42 Å². The summed E-state index contributed by atoms with van der Waals surface area (Å²) in [5, 5.41) is 0.392. The fourth-order valence-corrected chi connectivity index (χ4v) is 2.50. The molecule has 0 heterocycles. The van der Waals surface area contributed by atoms with Gasteiger partial charge in [-0.05, 0) is 17.5 Å². The first-order valence-electron chi connectivity index (χ1n) is 5.72. The number of thiol groups is 2. The van der Waals surface area contributed by atoms with E-state index >= 15 is 0 Å². The molecule has 2 rings (SSSR count). The van der Waals surface area contributed by atoms with Gasteiger partial charge in [-0.2, -0.15) is 25.3 Å². The van der Waals surface area contributed by atoms with Crippen LogP contribution in [0, 0.1) is 0 Å². The van der Waals surface area contributed by atoms with Crippen LogP contribution >= 0.6 is 25.3 Å². The smallest absolute Gasteiger partial charge is 0.0386 e. The molecule has 0 saturated heterocycles. The first-order valence-corrected chi connectivity index (χ1v) is 6.75. The molecule has 0 aliphatic carbocycles. The van der Waals surface area contributed by atoms with Gasteiger partial charge in [-0.1, -0.05) is 60.7 Å². The van der Waals surface area contributed by atoms with Crippen LogP contribution in [0.2, 0.25) is 0 Å². The van der Waals surface area contributed by atoms with Crippen molar-refractivity contribution in [1.29, 1.82) is 0 Å². The second-order valence-corrected chi connectivity index (χ2v) is 5.33. The summed E-state index contributed by atoms with van der Waals surface area (Å²) in [6.45, 7) is 0. The van der Waals surface area contributed by atoms with E-state index in [9.17, 15) is 0 Å². The first kappa shape index (κ1) is 12.6. The highest BCUT2D eigenvalue weighted by molar-refractivity contribution is 7.85. The standard InChI is InChI=1S/C15H16S2/c16-14(11-12-7-3-1-4-8-12)15(17)13-9-5-2-6-10-13/h1-10,14-17H,11H2. The van der Waals surface area contributed by atoms with Crippen LogP contribution in [0.1, 0.15) is 16.4 Å². The number of benzene rings is 2. The Morgan fingerprint density at radius 1 is 0.765 bits per heavy atom. The molecule has 0 aliphatic rings. The molecule has 17 heavy (non-hydrogen) atoms. The van der Waals surface area contributed by atoms with E-state index in [1.807, 2.05) is 24.3 Å². The van der Waals surface area contributed by atoms with Crippen LogP contribution < -0.4 is 0 Å². The Hall–Kier alpha value is -0.860. The fourth-order valence-electron chi connectivity index (χ4n) is 1.84. The average Bonchev–Trinajstić information content (AvgIpc) is 2.40. The topological polar surface area (TPSA) is 0 Å². The Morgan fingerprint density at radius 3 is 1.88 bits per heavy atom. The van der Waals surface area contributed by atoms with E-state index in [1.54, 1.807) is 0 Å². The minimum atomic E-state index is 0.166. The van der Waals surface area contributed by atoms with Crippen LogP contribution in [0.15, 0.2) is 60.7 Å². The molecule has 0 saturated carbocycles. The maximum absolute atomic E-state index is 4.67. The van der Waals surface area contributed by atoms with E-state index in [1.165, 1.54) is 11.1 Å². The molecule has 0 aliphatic heterocycles. The van der Waals surface area contributed by atoms with Crippen molar-refractivity contribution in [2.75, 3.05) is 0 Å². The number of hydrogen-bond acceptors (Lipinski definition) is 2. The highest BCUT2D eigenvalue weighted by Gasteiger charge is 2.16. The Labute approximate surface area is 114 Å². The van der Waals surface area contributed by atoms with Gasteiger partial charge in [0.05, 0.1) is 0 Å². The van der Waals surface area contributed by atoms with Crippen molar-refractivity contribution in [3.8, 4) is 0 Å². The normalized spacial score (nSPS) is 14.2. The highest BCUT2D eigenvalue weighted by Crippen LogP contribution is 2.29. The predicted molar refractivity (Wildman–Crippen MR) is 81.1 cm³/mol. The quantitative estimate of drug-likeness (QED) is 0.756. The molecule has 0 fully saturated rings. The fraction of sp³-hybridized carbons (Fsp3) is 0.200. The Morgan fingerprint density at radius 2 is 1.29 bits per heavy atom. The maximum Gasteiger partial charge on any atom is 0.0386 e. The zero-order chi connectivity index (χ0) is 12.1. The summed E-state index contributed by atoms with van der Waals surface area (Å²) in [6, 6.07) is 20.7. The molecule has 2 unspecified atom stereocenters. The molecule has 0 N–H and O–H groups in total. The maximum atomic E-state index is 4.67. The molecule has 88 valence electrons. The van der Waals surface area contributed by atoms with Crippen LogP contribution in [0.4, 0.5) is 0 Å². The third-order valence-corrected chi connectivity index (χ3v) is 4.17. The molecule has 2 heteroatoms. The van der Waals surface area contributed by atoms with E-state index in [4.69, 9.17) is 0 Å². The van der Waals surface area contributed by atoms with Crippen LogP contribution in [0.5, 0.6) is 0 Å². The molecule has 0 radical (unpaired) electrons. The van der Waals surface area contributed by atoms with Gasteiger partial charge in [0.1, 0.15) is 0 Å². The van der Waals surface area contributed by atoms with Crippen molar-refractivity contribution in [1.82, 2.24) is 0 Å². The second-order valence-electron chi connectivity index (χ2n) is 4.11. The van der Waals surface area contributed by atoms with E-state index in [2.05, 4.69) is 61.7 Å². The van der Waals surface area contributed by atoms with Crippen LogP contribution in [0.25, 0.3) is 0 Å². The van der Waals surface area contributed by atoms with Gasteiger partial charge in [-0.3, -0.25) is 0 Å². The lowest BCUT2D eigenvalue weighted by atomic mass is 10.0. The lowest BCUT2D eigenvalue weighted by molar-refractivity contribution is 0.834. The zero-order valence-corrected chi connectivity index (χ0v) is 11.3. The second kappa shape index (κ2) is 6.18. The third kappa shape index (κ3) is 3.55. The van der Waals surface area contributed by atoms with Gasteiger partial charge >= 0.3 is 0 Å². The summed E-state index contributed by atoms with van der Waals surface area (Å²) < 4.78 is 0. The van der Waals surface area contributed by atoms with Gasteiger partial charge in [-0.15, -0.1) is 0 Å². The minimum Gasteiger partial charge on any atom is -0.174 e. The molecule has 0 spiro atoms. The van der Waals surface area contributed by atoms with E-state index < -0.39 is 0 Å². The molecule has 2 atom stereocenters. The number of hydrogen-bond donors (Lipinski definition) is 2. The van der Waals surface area contributed by atoms with Crippen molar-refractivity contribution < 1.29 is 0 Å². The van der Waals surface area contributed by atoms with Crippen molar-refractivity contribution in [3.63, 3.8) is 0 Å². The Kier molecular flexibility index (Phi) is 4.57. The van der Waals surface area contributed by atoms with Gasteiger partial charge in [-0.25, -0.2) is 0 Å². The predicted octanol–water partition coefficient (Wildman–Crippen LogP) is 4.20. The summed E-state index contributed by atoms with van der Waals surface area (Å²) >= 11 is 9.34. The largest absolute Gasteiger partial charge is 0.174 e. The van der Waals surface area contributed by atoms with E-state index in [-0.39, 0.29) is 10.5 Å². The molecule has 0 nitrogen and oxygen atoms in total. The van der Waals surface area contributed by atoms with Crippen molar-refractivity contribution >= 4 is 25.3 Å². The minimum absolute atomic E-state index is 0.166. The summed E-state index contributed by atoms with van der Waals surface area (Å²) in [4.78, 5) is 0. The van der Waals surface area contributed by atoms with Crippen molar-refractivity contribution in [2.45, 2.75) is 16.9 Å². The van der Waals surface area contributed by atoms with Crippen LogP contribution in [-0.4, -0.2) is 5.25 Å². The molecule has 0 bridgehead atoms. The van der Waals surface area contributed by atoms with E-state index in [0.29, 0.717) is 0 Å². The van der Waals surface area contributed by atoms with Gasteiger partial charge in [0, 0.05) is 10.5 Å². The van der Waals surface area contributed by atoms with Gasteiger partial charge in [0.25, 0.3) is 0 Å². The summed E-state index contributed by atoms with van der Waals surface area (Å²) in [5.74, 6) is 0. The lowest BCUT2D eigenvalue weighted by Gasteiger charge is -2.18. The third-order valence-electron chi connectivity index (χ3n) is 2.79. The first-order chi connectivity index (χ1) is 8.27. The molecule has 0 aromatic heterocycles. The molecule has 2 aromatic rings. The summed E-state index contributed by atoms with van der Waals surface area (Å²) in [5.41, 5.74) is 2.54. The van der Waals surface area contributed by atoms with Crippen LogP contribution in [0.3, 0.4) is 0 Å². The Bertz CT molecular complexity index is 439. The zero-order valence-electron chi connectivity index (χ0n) is 9.53. The van der Waals surface area contributed by atoms with Crippen molar-refractivity contribution in [3.05, 3.63) is 71.8 Å². The monoisotopic (exact) mass is 260 g/mol. The lowest BCUT2D eigenvalue weighted by Crippen LogP contribution is -2.11. The molecular formula is C15H16S2.